The molecule has 29 heavy (non-hydrogen) atoms. The summed E-state index contributed by atoms with van der Waals surface area (Å²) >= 11 is 0. The number of nitrogens with zero attached hydrogens (tertiary/aromatic N) is 1. The molecule has 0 aliphatic carbocycles. The molecule has 0 saturated carbocycles. The average molecular weight is 418 g/mol. The molecule has 154 valence electrons. The van der Waals surface area contributed by atoms with Gasteiger partial charge >= 0.3 is 0 Å². The van der Waals surface area contributed by atoms with Gasteiger partial charge in [0.05, 0.1) is 4.90 Å². The maximum absolute atomic E-state index is 13.3. The SMILES string of the molecule is O=C1CCc2cc(S(=O)(=O)NC[C@@H](c3ccc(F)cc3)N3CCCC3)ccc2N1. The van der Waals surface area contributed by atoms with E-state index < -0.39 is 10.0 Å². The number of amides is 1. The maximum atomic E-state index is 13.3. The van der Waals surface area contributed by atoms with Gasteiger partial charge in [-0.05, 0) is 73.8 Å². The van der Waals surface area contributed by atoms with Gasteiger partial charge in [-0.1, -0.05) is 12.1 Å². The van der Waals surface area contributed by atoms with Gasteiger partial charge in [0.25, 0.3) is 0 Å². The van der Waals surface area contributed by atoms with Crippen molar-refractivity contribution < 1.29 is 17.6 Å². The Labute approximate surface area is 170 Å². The van der Waals surface area contributed by atoms with Gasteiger partial charge in [-0.25, -0.2) is 17.5 Å². The van der Waals surface area contributed by atoms with Crippen LogP contribution < -0.4 is 10.0 Å². The molecule has 2 aromatic rings. The second-order valence-electron chi connectivity index (χ2n) is 7.53. The molecule has 1 atom stereocenters. The van der Waals surface area contributed by atoms with E-state index in [4.69, 9.17) is 0 Å². The zero-order valence-corrected chi connectivity index (χ0v) is 16.8. The molecule has 2 aliphatic heterocycles. The van der Waals surface area contributed by atoms with E-state index in [0.717, 1.165) is 37.1 Å². The number of rotatable bonds is 6. The molecule has 0 bridgehead atoms. The lowest BCUT2D eigenvalue weighted by Gasteiger charge is -2.28. The Morgan fingerprint density at radius 1 is 1.07 bits per heavy atom. The Morgan fingerprint density at radius 3 is 2.52 bits per heavy atom. The Bertz CT molecular complexity index is 1000. The maximum Gasteiger partial charge on any atom is 0.240 e. The number of fused-ring (bicyclic) bond motifs is 1. The van der Waals surface area contributed by atoms with Gasteiger partial charge in [-0.3, -0.25) is 9.69 Å². The number of aryl methyl sites for hydroxylation is 1. The van der Waals surface area contributed by atoms with Crippen LogP contribution in [-0.2, 0) is 21.2 Å². The summed E-state index contributed by atoms with van der Waals surface area (Å²) in [5, 5.41) is 2.76. The topological polar surface area (TPSA) is 78.5 Å². The number of anilines is 1. The molecule has 2 N–H and O–H groups in total. The molecule has 1 amide bonds. The summed E-state index contributed by atoms with van der Waals surface area (Å²) < 4.78 is 41.9. The number of hydrogen-bond acceptors (Lipinski definition) is 4. The van der Waals surface area contributed by atoms with Crippen LogP contribution in [0.15, 0.2) is 47.4 Å². The van der Waals surface area contributed by atoms with Gasteiger partial charge < -0.3 is 5.32 Å². The van der Waals surface area contributed by atoms with Crippen molar-refractivity contribution in [3.8, 4) is 0 Å². The Morgan fingerprint density at radius 2 is 1.79 bits per heavy atom. The fourth-order valence-electron chi connectivity index (χ4n) is 3.99. The Balaban J connectivity index is 1.53. The highest BCUT2D eigenvalue weighted by Gasteiger charge is 2.26. The largest absolute Gasteiger partial charge is 0.326 e. The van der Waals surface area contributed by atoms with Crippen LogP contribution in [0.1, 0.15) is 36.4 Å². The first kappa shape index (κ1) is 20.0. The number of benzene rings is 2. The van der Waals surface area contributed by atoms with E-state index in [0.29, 0.717) is 18.5 Å². The molecular weight excluding hydrogens is 393 g/mol. The highest BCUT2D eigenvalue weighted by atomic mass is 32.2. The first-order chi connectivity index (χ1) is 13.9. The lowest BCUT2D eigenvalue weighted by Crippen LogP contribution is -2.36. The van der Waals surface area contributed by atoms with Gasteiger partial charge in [0, 0.05) is 24.7 Å². The highest BCUT2D eigenvalue weighted by molar-refractivity contribution is 7.89. The molecule has 0 unspecified atom stereocenters. The number of nitrogens with one attached hydrogen (secondary N) is 2. The molecular formula is C21H24FN3O3S. The Hall–Kier alpha value is -2.29. The van der Waals surface area contributed by atoms with E-state index in [1.807, 2.05) is 0 Å². The number of carbonyl (C=O) groups is 1. The lowest BCUT2D eigenvalue weighted by atomic mass is 10.0. The second kappa shape index (κ2) is 8.22. The summed E-state index contributed by atoms with van der Waals surface area (Å²) in [4.78, 5) is 13.9. The van der Waals surface area contributed by atoms with E-state index in [2.05, 4.69) is 14.9 Å². The van der Waals surface area contributed by atoms with E-state index in [1.165, 1.54) is 18.2 Å². The van der Waals surface area contributed by atoms with Crippen molar-refractivity contribution in [2.45, 2.75) is 36.6 Å². The van der Waals surface area contributed by atoms with Crippen molar-refractivity contribution in [2.24, 2.45) is 0 Å². The normalized spacial score (nSPS) is 18.3. The molecule has 1 fully saturated rings. The number of hydrogen-bond donors (Lipinski definition) is 2. The number of sulfonamides is 1. The van der Waals surface area contributed by atoms with Crippen molar-refractivity contribution in [1.29, 1.82) is 0 Å². The lowest BCUT2D eigenvalue weighted by molar-refractivity contribution is -0.116. The van der Waals surface area contributed by atoms with Crippen molar-refractivity contribution in [3.63, 3.8) is 0 Å². The molecule has 2 aromatic carbocycles. The summed E-state index contributed by atoms with van der Waals surface area (Å²) in [6.07, 6.45) is 3.02. The quantitative estimate of drug-likeness (QED) is 0.758. The molecule has 1 saturated heterocycles. The minimum absolute atomic E-state index is 0.0565. The minimum atomic E-state index is -3.71. The van der Waals surface area contributed by atoms with Gasteiger partial charge in [0.2, 0.25) is 15.9 Å². The molecule has 2 heterocycles. The molecule has 0 radical (unpaired) electrons. The van der Waals surface area contributed by atoms with Crippen LogP contribution in [0.4, 0.5) is 10.1 Å². The van der Waals surface area contributed by atoms with E-state index >= 15 is 0 Å². The van der Waals surface area contributed by atoms with Crippen LogP contribution >= 0.6 is 0 Å². The summed E-state index contributed by atoms with van der Waals surface area (Å²) in [5.74, 6) is -0.366. The third-order valence-electron chi connectivity index (χ3n) is 5.59. The van der Waals surface area contributed by atoms with E-state index in [-0.39, 0.29) is 29.2 Å². The first-order valence-electron chi connectivity index (χ1n) is 9.84. The van der Waals surface area contributed by atoms with Crippen molar-refractivity contribution in [1.82, 2.24) is 9.62 Å². The van der Waals surface area contributed by atoms with Crippen molar-refractivity contribution in [2.75, 3.05) is 25.0 Å². The minimum Gasteiger partial charge on any atom is -0.326 e. The average Bonchev–Trinajstić information content (AvgIpc) is 3.23. The molecule has 6 nitrogen and oxygen atoms in total. The van der Waals surface area contributed by atoms with Crippen LogP contribution in [0.5, 0.6) is 0 Å². The van der Waals surface area contributed by atoms with Crippen LogP contribution in [-0.4, -0.2) is 38.9 Å². The summed E-state index contributed by atoms with van der Waals surface area (Å²) in [7, 11) is -3.71. The number of carbonyl (C=O) groups excluding carboxylic acids is 1. The van der Waals surface area contributed by atoms with Gasteiger partial charge in [-0.2, -0.15) is 0 Å². The van der Waals surface area contributed by atoms with Gasteiger partial charge in [0.15, 0.2) is 0 Å². The number of likely N-dealkylation sites (tertiary alicyclic amines) is 1. The third-order valence-corrected chi connectivity index (χ3v) is 7.01. The first-order valence-corrected chi connectivity index (χ1v) is 11.3. The van der Waals surface area contributed by atoms with Gasteiger partial charge in [0.1, 0.15) is 5.82 Å². The fourth-order valence-corrected chi connectivity index (χ4v) is 5.08. The standard InChI is InChI=1S/C21H24FN3O3S/c22-17-6-3-15(4-7-17)20(25-11-1-2-12-25)14-23-29(27,28)18-8-9-19-16(13-18)5-10-21(26)24-19/h3-4,6-9,13,20,23H,1-2,5,10-12,14H2,(H,24,26)/t20-/m0/s1. The van der Waals surface area contributed by atoms with Crippen molar-refractivity contribution in [3.05, 3.63) is 59.4 Å². The van der Waals surface area contributed by atoms with Crippen molar-refractivity contribution >= 4 is 21.6 Å². The third kappa shape index (κ3) is 4.49. The molecule has 2 aliphatic rings. The Kier molecular flexibility index (Phi) is 5.67. The fraction of sp³-hybridized carbons (Fsp3) is 0.381. The smallest absolute Gasteiger partial charge is 0.240 e. The molecule has 4 rings (SSSR count). The highest BCUT2D eigenvalue weighted by Crippen LogP contribution is 2.27. The van der Waals surface area contributed by atoms with Crippen LogP contribution in [0.3, 0.4) is 0 Å². The zero-order chi connectivity index (χ0) is 20.4. The predicted molar refractivity (Wildman–Crippen MR) is 109 cm³/mol. The summed E-state index contributed by atoms with van der Waals surface area (Å²) in [6, 6.07) is 10.9. The van der Waals surface area contributed by atoms with Gasteiger partial charge in [-0.15, -0.1) is 0 Å². The summed E-state index contributed by atoms with van der Waals surface area (Å²) in [6.45, 7) is 1.99. The summed E-state index contributed by atoms with van der Waals surface area (Å²) in [5.41, 5.74) is 2.38. The molecule has 0 aromatic heterocycles. The molecule has 8 heteroatoms. The van der Waals surface area contributed by atoms with E-state index in [9.17, 15) is 17.6 Å². The van der Waals surface area contributed by atoms with Crippen LogP contribution in [0, 0.1) is 5.82 Å². The number of halogens is 1. The predicted octanol–water partition coefficient (Wildman–Crippen LogP) is 2.83. The monoisotopic (exact) mass is 417 g/mol. The zero-order valence-electron chi connectivity index (χ0n) is 16.0. The van der Waals surface area contributed by atoms with E-state index in [1.54, 1.807) is 24.3 Å². The van der Waals surface area contributed by atoms with Crippen LogP contribution in [0.25, 0.3) is 0 Å². The van der Waals surface area contributed by atoms with Crippen LogP contribution in [0.2, 0.25) is 0 Å². The molecule has 0 spiro atoms. The second-order valence-corrected chi connectivity index (χ2v) is 9.30.